The molecule has 1 aromatic heterocycles. The quantitative estimate of drug-likeness (QED) is 0.496. The van der Waals surface area contributed by atoms with Gasteiger partial charge in [-0.2, -0.15) is 4.98 Å². The van der Waals surface area contributed by atoms with Gasteiger partial charge in [0.05, 0.1) is 13.2 Å². The first kappa shape index (κ1) is 20.5. The van der Waals surface area contributed by atoms with Crippen LogP contribution in [-0.4, -0.2) is 42.2 Å². The molecule has 30 heavy (non-hydrogen) atoms. The largest absolute Gasteiger partial charge is 0.378 e. The average molecular weight is 515 g/mol. The van der Waals surface area contributed by atoms with Gasteiger partial charge in [0, 0.05) is 45.4 Å². The van der Waals surface area contributed by atoms with Crippen molar-refractivity contribution in [3.63, 3.8) is 0 Å². The van der Waals surface area contributed by atoms with Crippen LogP contribution in [0.1, 0.15) is 16.1 Å². The Bertz CT molecular complexity index is 1040. The van der Waals surface area contributed by atoms with Crippen molar-refractivity contribution >= 4 is 51.6 Å². The lowest BCUT2D eigenvalue weighted by atomic mass is 10.2. The van der Waals surface area contributed by atoms with Gasteiger partial charge in [-0.1, -0.05) is 6.07 Å². The monoisotopic (exact) mass is 515 g/mol. The maximum absolute atomic E-state index is 12.4. The van der Waals surface area contributed by atoms with E-state index in [1.54, 1.807) is 6.07 Å². The molecule has 8 heteroatoms. The van der Waals surface area contributed by atoms with Crippen LogP contribution in [0.25, 0.3) is 0 Å². The molecule has 0 unspecified atom stereocenters. The topological polar surface area (TPSA) is 79.4 Å². The van der Waals surface area contributed by atoms with Crippen molar-refractivity contribution in [1.82, 2.24) is 9.97 Å². The molecule has 1 amide bonds. The summed E-state index contributed by atoms with van der Waals surface area (Å²) in [4.78, 5) is 23.7. The maximum atomic E-state index is 12.4. The van der Waals surface area contributed by atoms with Crippen LogP contribution in [0.2, 0.25) is 0 Å². The standard InChI is InChI=1S/C22H22IN5O2/c1-15-13-20(27-22(24-15)28-9-11-30-12-10-28)25-18-5-7-19(8-6-18)26-21(29)16-3-2-4-17(23)14-16/h2-8,13-14H,9-12H2,1H3,(H,26,29)(H,24,25,27). The zero-order chi connectivity index (χ0) is 20.9. The number of benzene rings is 2. The molecule has 3 aromatic rings. The van der Waals surface area contributed by atoms with Crippen LogP contribution in [0, 0.1) is 10.5 Å². The molecule has 0 saturated carbocycles. The van der Waals surface area contributed by atoms with Crippen molar-refractivity contribution in [2.45, 2.75) is 6.92 Å². The second kappa shape index (κ2) is 9.40. The molecule has 1 fully saturated rings. The molecule has 0 spiro atoms. The van der Waals surface area contributed by atoms with Crippen LogP contribution in [-0.2, 0) is 4.74 Å². The van der Waals surface area contributed by atoms with Crippen LogP contribution in [0.3, 0.4) is 0 Å². The highest BCUT2D eigenvalue weighted by molar-refractivity contribution is 14.1. The van der Waals surface area contributed by atoms with Gasteiger partial charge in [0.2, 0.25) is 5.95 Å². The van der Waals surface area contributed by atoms with Gasteiger partial charge < -0.3 is 20.3 Å². The van der Waals surface area contributed by atoms with E-state index < -0.39 is 0 Å². The molecule has 1 aliphatic rings. The minimum absolute atomic E-state index is 0.129. The fourth-order valence-electron chi connectivity index (χ4n) is 3.14. The van der Waals surface area contributed by atoms with E-state index in [1.165, 1.54) is 0 Å². The highest BCUT2D eigenvalue weighted by Gasteiger charge is 2.15. The molecular formula is C22H22IN5O2. The summed E-state index contributed by atoms with van der Waals surface area (Å²) in [5.74, 6) is 1.32. The first-order valence-electron chi connectivity index (χ1n) is 9.69. The summed E-state index contributed by atoms with van der Waals surface area (Å²) in [5, 5.41) is 6.24. The van der Waals surface area contributed by atoms with Gasteiger partial charge in [-0.15, -0.1) is 0 Å². The van der Waals surface area contributed by atoms with Crippen LogP contribution in [0.15, 0.2) is 54.6 Å². The number of carbonyl (C=O) groups is 1. The van der Waals surface area contributed by atoms with Gasteiger partial charge in [-0.25, -0.2) is 4.98 Å². The van der Waals surface area contributed by atoms with E-state index in [-0.39, 0.29) is 5.91 Å². The Morgan fingerprint density at radius 3 is 2.50 bits per heavy atom. The van der Waals surface area contributed by atoms with Gasteiger partial charge in [0.15, 0.2) is 0 Å². The Balaban J connectivity index is 1.43. The van der Waals surface area contributed by atoms with Gasteiger partial charge in [0.1, 0.15) is 5.82 Å². The zero-order valence-corrected chi connectivity index (χ0v) is 18.7. The second-order valence-corrected chi connectivity index (χ2v) is 8.21. The Kier molecular flexibility index (Phi) is 6.44. The molecule has 7 nitrogen and oxygen atoms in total. The van der Waals surface area contributed by atoms with E-state index >= 15 is 0 Å². The predicted octanol–water partition coefficient (Wildman–Crippen LogP) is 4.22. The van der Waals surface area contributed by atoms with Gasteiger partial charge in [-0.05, 0) is 72.0 Å². The SMILES string of the molecule is Cc1cc(Nc2ccc(NC(=O)c3cccc(I)c3)cc2)nc(N2CCOCC2)n1. The third-order valence-corrected chi connectivity index (χ3v) is 5.31. The zero-order valence-electron chi connectivity index (χ0n) is 16.6. The lowest BCUT2D eigenvalue weighted by Gasteiger charge is -2.27. The number of carbonyl (C=O) groups excluding carboxylic acids is 1. The summed E-state index contributed by atoms with van der Waals surface area (Å²) >= 11 is 2.20. The third kappa shape index (κ3) is 5.25. The Hall–Kier alpha value is -2.72. The van der Waals surface area contributed by atoms with E-state index in [9.17, 15) is 4.79 Å². The molecule has 0 aliphatic carbocycles. The number of hydrogen-bond donors (Lipinski definition) is 2. The summed E-state index contributed by atoms with van der Waals surface area (Å²) in [6.07, 6.45) is 0. The summed E-state index contributed by atoms with van der Waals surface area (Å²) in [7, 11) is 0. The van der Waals surface area contributed by atoms with Crippen molar-refractivity contribution in [2.75, 3.05) is 41.8 Å². The van der Waals surface area contributed by atoms with Crippen molar-refractivity contribution in [3.05, 3.63) is 69.4 Å². The van der Waals surface area contributed by atoms with Gasteiger partial charge in [0.25, 0.3) is 5.91 Å². The van der Waals surface area contributed by atoms with Gasteiger partial charge in [-0.3, -0.25) is 4.79 Å². The molecule has 0 atom stereocenters. The molecule has 2 aromatic carbocycles. The molecule has 2 N–H and O–H groups in total. The Morgan fingerprint density at radius 1 is 1.03 bits per heavy atom. The molecule has 0 radical (unpaired) electrons. The Morgan fingerprint density at radius 2 is 1.77 bits per heavy atom. The second-order valence-electron chi connectivity index (χ2n) is 6.96. The molecule has 2 heterocycles. The number of ether oxygens (including phenoxy) is 1. The minimum Gasteiger partial charge on any atom is -0.378 e. The highest BCUT2D eigenvalue weighted by atomic mass is 127. The number of rotatable bonds is 5. The van der Waals surface area contributed by atoms with E-state index in [2.05, 4.69) is 48.1 Å². The lowest BCUT2D eigenvalue weighted by Crippen LogP contribution is -2.37. The molecule has 1 saturated heterocycles. The number of aromatic nitrogens is 2. The summed E-state index contributed by atoms with van der Waals surface area (Å²) in [6.45, 7) is 4.92. The summed E-state index contributed by atoms with van der Waals surface area (Å²) < 4.78 is 6.43. The first-order valence-corrected chi connectivity index (χ1v) is 10.8. The lowest BCUT2D eigenvalue weighted by molar-refractivity contribution is 0.102. The fourth-order valence-corrected chi connectivity index (χ4v) is 3.68. The van der Waals surface area contributed by atoms with E-state index in [1.807, 2.05) is 55.5 Å². The van der Waals surface area contributed by atoms with E-state index in [0.29, 0.717) is 24.7 Å². The van der Waals surface area contributed by atoms with Crippen LogP contribution in [0.5, 0.6) is 0 Å². The summed E-state index contributed by atoms with van der Waals surface area (Å²) in [6, 6.07) is 17.0. The number of halogens is 1. The normalized spacial score (nSPS) is 13.7. The van der Waals surface area contributed by atoms with E-state index in [0.717, 1.165) is 39.5 Å². The van der Waals surface area contributed by atoms with Crippen molar-refractivity contribution in [3.8, 4) is 0 Å². The van der Waals surface area contributed by atoms with Crippen molar-refractivity contribution in [1.29, 1.82) is 0 Å². The third-order valence-electron chi connectivity index (χ3n) is 4.64. The van der Waals surface area contributed by atoms with Crippen LogP contribution < -0.4 is 15.5 Å². The molecular weight excluding hydrogens is 493 g/mol. The average Bonchev–Trinajstić information content (AvgIpc) is 2.75. The van der Waals surface area contributed by atoms with Crippen LogP contribution >= 0.6 is 22.6 Å². The number of nitrogens with one attached hydrogen (secondary N) is 2. The number of aryl methyl sites for hydroxylation is 1. The molecule has 1 aliphatic heterocycles. The number of amides is 1. The Labute approximate surface area is 189 Å². The maximum Gasteiger partial charge on any atom is 0.255 e. The molecule has 4 rings (SSSR count). The predicted molar refractivity (Wildman–Crippen MR) is 127 cm³/mol. The smallest absolute Gasteiger partial charge is 0.255 e. The number of hydrogen-bond acceptors (Lipinski definition) is 6. The molecule has 154 valence electrons. The highest BCUT2D eigenvalue weighted by Crippen LogP contribution is 2.21. The number of nitrogens with zero attached hydrogens (tertiary/aromatic N) is 3. The van der Waals surface area contributed by atoms with Crippen molar-refractivity contribution < 1.29 is 9.53 Å². The van der Waals surface area contributed by atoms with Crippen LogP contribution in [0.4, 0.5) is 23.1 Å². The van der Waals surface area contributed by atoms with Crippen molar-refractivity contribution in [2.24, 2.45) is 0 Å². The minimum atomic E-state index is -0.129. The number of morpholine rings is 1. The van der Waals surface area contributed by atoms with Gasteiger partial charge >= 0.3 is 0 Å². The fraction of sp³-hybridized carbons (Fsp3) is 0.227. The molecule has 0 bridgehead atoms. The summed E-state index contributed by atoms with van der Waals surface area (Å²) in [5.41, 5.74) is 3.15. The van der Waals surface area contributed by atoms with E-state index in [4.69, 9.17) is 4.74 Å². The number of anilines is 4. The first-order chi connectivity index (χ1) is 14.6.